The third-order valence-corrected chi connectivity index (χ3v) is 3.59. The molecule has 1 fully saturated rings. The number of unbranched alkanes of at least 4 members (excludes halogenated alkanes) is 2. The summed E-state index contributed by atoms with van der Waals surface area (Å²) in [6.07, 6.45) is 13.7. The predicted octanol–water partition coefficient (Wildman–Crippen LogP) is 3.78. The third-order valence-electron chi connectivity index (χ3n) is 3.59. The van der Waals surface area contributed by atoms with Gasteiger partial charge in [-0.25, -0.2) is 0 Å². The first-order chi connectivity index (χ1) is 5.90. The Balaban J connectivity index is 1.73. The van der Waals surface area contributed by atoms with Crippen molar-refractivity contribution in [3.63, 3.8) is 0 Å². The summed E-state index contributed by atoms with van der Waals surface area (Å²) in [4.78, 5) is 0. The number of fused-ring (bicyclic) bond motifs is 2. The molecule has 2 bridgehead atoms. The molecule has 1 saturated carbocycles. The molecule has 2 aliphatic carbocycles. The van der Waals surface area contributed by atoms with Crippen LogP contribution in [-0.4, -0.2) is 0 Å². The van der Waals surface area contributed by atoms with E-state index in [0.717, 1.165) is 17.8 Å². The lowest BCUT2D eigenvalue weighted by molar-refractivity contribution is 0.397. The largest absolute Gasteiger partial charge is 0.0851 e. The summed E-state index contributed by atoms with van der Waals surface area (Å²) in [6, 6.07) is 0. The van der Waals surface area contributed by atoms with E-state index in [1.165, 1.54) is 38.5 Å². The van der Waals surface area contributed by atoms with Gasteiger partial charge in [0.2, 0.25) is 0 Å². The molecule has 0 aromatic rings. The monoisotopic (exact) mass is 164 g/mol. The topological polar surface area (TPSA) is 0 Å². The fourth-order valence-electron chi connectivity index (χ4n) is 2.88. The average Bonchev–Trinajstić information content (AvgIpc) is 2.65. The Morgan fingerprint density at radius 3 is 2.67 bits per heavy atom. The molecule has 12 heavy (non-hydrogen) atoms. The lowest BCUT2D eigenvalue weighted by atomic mass is 9.89. The molecule has 2 aliphatic rings. The van der Waals surface area contributed by atoms with Gasteiger partial charge >= 0.3 is 0 Å². The van der Waals surface area contributed by atoms with Crippen LogP contribution >= 0.6 is 0 Å². The van der Waals surface area contributed by atoms with Crippen LogP contribution in [0.4, 0.5) is 0 Å². The summed E-state index contributed by atoms with van der Waals surface area (Å²) in [7, 11) is 0. The minimum absolute atomic E-state index is 0.974. The Morgan fingerprint density at radius 1 is 1.17 bits per heavy atom. The SMILES string of the molecule is CCCCCC1CC2C=C[C@H]1C2. The zero-order valence-corrected chi connectivity index (χ0v) is 8.13. The quantitative estimate of drug-likeness (QED) is 0.438. The van der Waals surface area contributed by atoms with Gasteiger partial charge in [-0.15, -0.1) is 0 Å². The first kappa shape index (κ1) is 8.34. The van der Waals surface area contributed by atoms with E-state index in [-0.39, 0.29) is 0 Å². The normalized spacial score (nSPS) is 37.9. The van der Waals surface area contributed by atoms with E-state index in [1.807, 2.05) is 0 Å². The van der Waals surface area contributed by atoms with Crippen LogP contribution in [0.5, 0.6) is 0 Å². The predicted molar refractivity (Wildman–Crippen MR) is 53.0 cm³/mol. The second kappa shape index (κ2) is 3.64. The second-order valence-corrected chi connectivity index (χ2v) is 4.54. The molecule has 68 valence electrons. The molecule has 0 radical (unpaired) electrons. The molecule has 3 atom stereocenters. The minimum atomic E-state index is 0.974. The van der Waals surface area contributed by atoms with E-state index in [2.05, 4.69) is 19.1 Å². The number of rotatable bonds is 4. The first-order valence-corrected chi connectivity index (χ1v) is 5.58. The summed E-state index contributed by atoms with van der Waals surface area (Å²) in [5.41, 5.74) is 0. The van der Waals surface area contributed by atoms with Crippen LogP contribution in [-0.2, 0) is 0 Å². The highest BCUT2D eigenvalue weighted by Gasteiger charge is 2.34. The molecule has 0 spiro atoms. The zero-order valence-electron chi connectivity index (χ0n) is 8.13. The third kappa shape index (κ3) is 1.57. The van der Waals surface area contributed by atoms with Crippen LogP contribution in [0.25, 0.3) is 0 Å². The molecule has 0 aromatic heterocycles. The van der Waals surface area contributed by atoms with E-state index in [0.29, 0.717) is 0 Å². The van der Waals surface area contributed by atoms with Gasteiger partial charge in [-0.3, -0.25) is 0 Å². The summed E-state index contributed by atoms with van der Waals surface area (Å²) in [5, 5.41) is 0. The fraction of sp³-hybridized carbons (Fsp3) is 0.833. The van der Waals surface area contributed by atoms with Gasteiger partial charge in [-0.05, 0) is 37.0 Å². The number of hydrogen-bond donors (Lipinski definition) is 0. The average molecular weight is 164 g/mol. The maximum Gasteiger partial charge on any atom is -0.0199 e. The molecule has 0 nitrogen and oxygen atoms in total. The Kier molecular flexibility index (Phi) is 2.53. The highest BCUT2D eigenvalue weighted by atomic mass is 14.4. The Bertz CT molecular complexity index is 169. The van der Waals surface area contributed by atoms with E-state index < -0.39 is 0 Å². The van der Waals surface area contributed by atoms with Gasteiger partial charge in [0.1, 0.15) is 0 Å². The van der Waals surface area contributed by atoms with Gasteiger partial charge in [0.15, 0.2) is 0 Å². The highest BCUT2D eigenvalue weighted by molar-refractivity contribution is 5.09. The van der Waals surface area contributed by atoms with Crippen molar-refractivity contribution in [2.75, 3.05) is 0 Å². The Hall–Kier alpha value is -0.260. The van der Waals surface area contributed by atoms with E-state index >= 15 is 0 Å². The van der Waals surface area contributed by atoms with Crippen LogP contribution in [0.3, 0.4) is 0 Å². The van der Waals surface area contributed by atoms with Crippen molar-refractivity contribution in [2.45, 2.75) is 45.4 Å². The van der Waals surface area contributed by atoms with E-state index in [1.54, 1.807) is 0 Å². The fourth-order valence-corrected chi connectivity index (χ4v) is 2.88. The van der Waals surface area contributed by atoms with Crippen LogP contribution < -0.4 is 0 Å². The molecule has 0 N–H and O–H groups in total. The number of hydrogen-bond acceptors (Lipinski definition) is 0. The molecule has 0 amide bonds. The van der Waals surface area contributed by atoms with Gasteiger partial charge in [0.25, 0.3) is 0 Å². The van der Waals surface area contributed by atoms with E-state index in [9.17, 15) is 0 Å². The van der Waals surface area contributed by atoms with Gasteiger partial charge in [-0.1, -0.05) is 38.3 Å². The van der Waals surface area contributed by atoms with Crippen LogP contribution in [0.1, 0.15) is 45.4 Å². The molecule has 0 heteroatoms. The van der Waals surface area contributed by atoms with Crippen LogP contribution in [0.15, 0.2) is 12.2 Å². The van der Waals surface area contributed by atoms with Gasteiger partial charge < -0.3 is 0 Å². The summed E-state index contributed by atoms with van der Waals surface area (Å²) >= 11 is 0. The number of allylic oxidation sites excluding steroid dienone is 2. The molecule has 0 aliphatic heterocycles. The summed E-state index contributed by atoms with van der Waals surface area (Å²) in [5.74, 6) is 3.01. The summed E-state index contributed by atoms with van der Waals surface area (Å²) in [6.45, 7) is 2.29. The van der Waals surface area contributed by atoms with Crippen molar-refractivity contribution in [3.8, 4) is 0 Å². The smallest absolute Gasteiger partial charge is 0.0199 e. The molecular formula is C12H20. The second-order valence-electron chi connectivity index (χ2n) is 4.54. The zero-order chi connectivity index (χ0) is 8.39. The van der Waals surface area contributed by atoms with Gasteiger partial charge in [-0.2, -0.15) is 0 Å². The van der Waals surface area contributed by atoms with Crippen molar-refractivity contribution in [3.05, 3.63) is 12.2 Å². The standard InChI is InChI=1S/C12H20/c1-2-3-4-5-11-8-10-6-7-12(11)9-10/h6-7,10-12H,2-5,8-9H2,1H3/t10?,11?,12-/m0/s1. The minimum Gasteiger partial charge on any atom is -0.0851 e. The molecule has 0 saturated heterocycles. The molecule has 2 unspecified atom stereocenters. The molecule has 0 heterocycles. The van der Waals surface area contributed by atoms with Crippen molar-refractivity contribution in [2.24, 2.45) is 17.8 Å². The van der Waals surface area contributed by atoms with Crippen LogP contribution in [0, 0.1) is 17.8 Å². The molecular weight excluding hydrogens is 144 g/mol. The van der Waals surface area contributed by atoms with E-state index in [4.69, 9.17) is 0 Å². The van der Waals surface area contributed by atoms with Crippen molar-refractivity contribution < 1.29 is 0 Å². The first-order valence-electron chi connectivity index (χ1n) is 5.58. The highest BCUT2D eigenvalue weighted by Crippen LogP contribution is 2.45. The maximum atomic E-state index is 2.48. The van der Waals surface area contributed by atoms with Gasteiger partial charge in [0, 0.05) is 0 Å². The maximum absolute atomic E-state index is 2.48. The van der Waals surface area contributed by atoms with Crippen molar-refractivity contribution in [1.29, 1.82) is 0 Å². The summed E-state index contributed by atoms with van der Waals surface area (Å²) < 4.78 is 0. The van der Waals surface area contributed by atoms with Crippen molar-refractivity contribution in [1.82, 2.24) is 0 Å². The lowest BCUT2D eigenvalue weighted by Crippen LogP contribution is -2.06. The molecule has 0 aromatic carbocycles. The lowest BCUT2D eigenvalue weighted by Gasteiger charge is -2.17. The van der Waals surface area contributed by atoms with Crippen LogP contribution in [0.2, 0.25) is 0 Å². The Morgan fingerprint density at radius 2 is 2.08 bits per heavy atom. The van der Waals surface area contributed by atoms with Gasteiger partial charge in [0.05, 0.1) is 0 Å². The van der Waals surface area contributed by atoms with Crippen molar-refractivity contribution >= 4 is 0 Å². The molecule has 2 rings (SSSR count). The Labute approximate surface area is 76.1 Å².